The number of halogens is 1. The largest absolute Gasteiger partial charge is 0.493 e. The molecule has 0 aliphatic heterocycles. The van der Waals surface area contributed by atoms with Gasteiger partial charge in [-0.3, -0.25) is 4.40 Å². The van der Waals surface area contributed by atoms with Gasteiger partial charge in [0.05, 0.1) is 11.2 Å². The third-order valence-electron chi connectivity index (χ3n) is 1.45. The van der Waals surface area contributed by atoms with E-state index in [4.69, 9.17) is 11.6 Å². The summed E-state index contributed by atoms with van der Waals surface area (Å²) in [6, 6.07) is 3.46. The molecular weight excluding hydrogens is 164 g/mol. The Hall–Kier alpha value is -1.22. The molecule has 0 bridgehead atoms. The fraction of sp³-hybridized carbons (Fsp3) is 0. The molecule has 11 heavy (non-hydrogen) atoms. The summed E-state index contributed by atoms with van der Waals surface area (Å²) in [6.07, 6.45) is 2.99. The number of pyridine rings is 1. The van der Waals surface area contributed by atoms with Crippen LogP contribution in [0.5, 0.6) is 5.88 Å². The van der Waals surface area contributed by atoms with Crippen LogP contribution in [0.2, 0.25) is 5.02 Å². The summed E-state index contributed by atoms with van der Waals surface area (Å²) in [5, 5.41) is 9.75. The van der Waals surface area contributed by atoms with Gasteiger partial charge in [-0.15, -0.1) is 0 Å². The Labute approximate surface area is 67.9 Å². The minimum atomic E-state index is 0.0995. The van der Waals surface area contributed by atoms with E-state index >= 15 is 0 Å². The van der Waals surface area contributed by atoms with Gasteiger partial charge in [-0.1, -0.05) is 11.6 Å². The Morgan fingerprint density at radius 1 is 1.45 bits per heavy atom. The van der Waals surface area contributed by atoms with Crippen LogP contribution < -0.4 is 0 Å². The van der Waals surface area contributed by atoms with Gasteiger partial charge in [0.15, 0.2) is 0 Å². The molecule has 0 atom stereocenters. The highest BCUT2D eigenvalue weighted by Crippen LogP contribution is 2.15. The van der Waals surface area contributed by atoms with E-state index in [0.29, 0.717) is 10.7 Å². The van der Waals surface area contributed by atoms with Crippen LogP contribution in [0.25, 0.3) is 5.65 Å². The summed E-state index contributed by atoms with van der Waals surface area (Å²) in [5.41, 5.74) is 0.687. The lowest BCUT2D eigenvalue weighted by atomic mass is 10.5. The summed E-state index contributed by atoms with van der Waals surface area (Å²) in [7, 11) is 0. The van der Waals surface area contributed by atoms with Gasteiger partial charge in [-0.2, -0.15) is 0 Å². The lowest BCUT2D eigenvalue weighted by molar-refractivity contribution is 0.448. The molecule has 4 heteroatoms. The van der Waals surface area contributed by atoms with Crippen LogP contribution in [0.4, 0.5) is 0 Å². The van der Waals surface area contributed by atoms with Crippen LogP contribution in [0.15, 0.2) is 24.5 Å². The summed E-state index contributed by atoms with van der Waals surface area (Å²) >= 11 is 5.69. The highest BCUT2D eigenvalue weighted by atomic mass is 35.5. The van der Waals surface area contributed by atoms with Crippen molar-refractivity contribution in [2.45, 2.75) is 0 Å². The van der Waals surface area contributed by atoms with Crippen molar-refractivity contribution >= 4 is 17.2 Å². The third kappa shape index (κ3) is 0.935. The Balaban J connectivity index is 2.87. The maximum absolute atomic E-state index is 9.18. The Morgan fingerprint density at radius 2 is 2.27 bits per heavy atom. The standard InChI is InChI=1S/C7H5ClN2O/c8-5-1-2-6-9-3-7(11)10(6)4-5/h1-4,11H. The minimum absolute atomic E-state index is 0.0995. The van der Waals surface area contributed by atoms with Crippen molar-refractivity contribution in [1.29, 1.82) is 0 Å². The van der Waals surface area contributed by atoms with Crippen LogP contribution in [0, 0.1) is 0 Å². The lowest BCUT2D eigenvalue weighted by Gasteiger charge is -1.94. The highest BCUT2D eigenvalue weighted by molar-refractivity contribution is 6.30. The quantitative estimate of drug-likeness (QED) is 0.650. The SMILES string of the molecule is Oc1cnc2ccc(Cl)cn12. The molecule has 0 saturated heterocycles. The summed E-state index contributed by atoms with van der Waals surface area (Å²) in [5.74, 6) is 0.0995. The van der Waals surface area contributed by atoms with Gasteiger partial charge in [0.2, 0.25) is 5.88 Å². The number of hydrogen-bond donors (Lipinski definition) is 1. The molecule has 0 aliphatic rings. The maximum atomic E-state index is 9.18. The highest BCUT2D eigenvalue weighted by Gasteiger charge is 1.99. The first-order chi connectivity index (χ1) is 5.27. The summed E-state index contributed by atoms with van der Waals surface area (Å²) < 4.78 is 1.52. The van der Waals surface area contributed by atoms with Crippen LogP contribution in [-0.4, -0.2) is 14.5 Å². The summed E-state index contributed by atoms with van der Waals surface area (Å²) in [4.78, 5) is 3.91. The van der Waals surface area contributed by atoms with E-state index in [0.717, 1.165) is 0 Å². The van der Waals surface area contributed by atoms with E-state index in [1.165, 1.54) is 10.6 Å². The molecule has 0 aromatic carbocycles. The molecule has 3 nitrogen and oxygen atoms in total. The third-order valence-corrected chi connectivity index (χ3v) is 1.67. The fourth-order valence-corrected chi connectivity index (χ4v) is 1.10. The average molecular weight is 169 g/mol. The first-order valence-corrected chi connectivity index (χ1v) is 3.47. The number of fused-ring (bicyclic) bond motifs is 1. The van der Waals surface area contributed by atoms with Crippen molar-refractivity contribution in [3.63, 3.8) is 0 Å². The van der Waals surface area contributed by atoms with E-state index < -0.39 is 0 Å². The van der Waals surface area contributed by atoms with Crippen molar-refractivity contribution in [2.24, 2.45) is 0 Å². The van der Waals surface area contributed by atoms with E-state index in [1.807, 2.05) is 0 Å². The van der Waals surface area contributed by atoms with E-state index in [9.17, 15) is 5.11 Å². The molecule has 0 fully saturated rings. The fourth-order valence-electron chi connectivity index (χ4n) is 0.942. The van der Waals surface area contributed by atoms with Crippen LogP contribution in [-0.2, 0) is 0 Å². The molecule has 2 aromatic rings. The van der Waals surface area contributed by atoms with Gasteiger partial charge in [0, 0.05) is 6.20 Å². The van der Waals surface area contributed by atoms with Crippen molar-refractivity contribution in [2.75, 3.05) is 0 Å². The first-order valence-electron chi connectivity index (χ1n) is 3.09. The Morgan fingerprint density at radius 3 is 3.09 bits per heavy atom. The molecule has 0 radical (unpaired) electrons. The predicted octanol–water partition coefficient (Wildman–Crippen LogP) is 1.69. The molecule has 2 rings (SSSR count). The second-order valence-electron chi connectivity index (χ2n) is 2.19. The zero-order valence-corrected chi connectivity index (χ0v) is 6.28. The molecule has 2 heterocycles. The van der Waals surface area contributed by atoms with E-state index in [1.54, 1.807) is 18.3 Å². The zero-order chi connectivity index (χ0) is 7.84. The number of nitrogens with zero attached hydrogens (tertiary/aromatic N) is 2. The minimum Gasteiger partial charge on any atom is -0.493 e. The lowest BCUT2D eigenvalue weighted by Crippen LogP contribution is -1.81. The van der Waals surface area contributed by atoms with Gasteiger partial charge >= 0.3 is 0 Å². The topological polar surface area (TPSA) is 37.5 Å². The molecule has 1 N–H and O–H groups in total. The number of aromatic hydroxyl groups is 1. The molecule has 0 amide bonds. The van der Waals surface area contributed by atoms with Crippen LogP contribution in [0.1, 0.15) is 0 Å². The van der Waals surface area contributed by atoms with Crippen molar-refractivity contribution in [1.82, 2.24) is 9.38 Å². The van der Waals surface area contributed by atoms with E-state index in [2.05, 4.69) is 4.98 Å². The van der Waals surface area contributed by atoms with Gasteiger partial charge in [-0.25, -0.2) is 4.98 Å². The maximum Gasteiger partial charge on any atom is 0.215 e. The molecule has 2 aromatic heterocycles. The number of hydrogen-bond acceptors (Lipinski definition) is 2. The van der Waals surface area contributed by atoms with Gasteiger partial charge in [0.1, 0.15) is 5.65 Å². The Bertz CT molecular complexity index is 396. The Kier molecular flexibility index (Phi) is 1.26. The number of rotatable bonds is 0. The number of aromatic nitrogens is 2. The molecule has 0 spiro atoms. The number of imidazole rings is 1. The van der Waals surface area contributed by atoms with E-state index in [-0.39, 0.29) is 5.88 Å². The van der Waals surface area contributed by atoms with Crippen molar-refractivity contribution in [3.8, 4) is 5.88 Å². The van der Waals surface area contributed by atoms with Gasteiger partial charge in [0.25, 0.3) is 0 Å². The first kappa shape index (κ1) is 6.49. The molecule has 0 aliphatic carbocycles. The molecule has 0 saturated carbocycles. The summed E-state index contributed by atoms with van der Waals surface area (Å²) in [6.45, 7) is 0. The predicted molar refractivity (Wildman–Crippen MR) is 41.9 cm³/mol. The molecule has 0 unspecified atom stereocenters. The van der Waals surface area contributed by atoms with Gasteiger partial charge in [-0.05, 0) is 12.1 Å². The van der Waals surface area contributed by atoms with Crippen LogP contribution >= 0.6 is 11.6 Å². The second-order valence-corrected chi connectivity index (χ2v) is 2.63. The normalized spacial score (nSPS) is 10.6. The van der Waals surface area contributed by atoms with Gasteiger partial charge < -0.3 is 5.11 Å². The average Bonchev–Trinajstić information content (AvgIpc) is 2.33. The van der Waals surface area contributed by atoms with Crippen molar-refractivity contribution < 1.29 is 5.11 Å². The molecule has 56 valence electrons. The second kappa shape index (κ2) is 2.13. The molecular formula is C7H5ClN2O. The monoisotopic (exact) mass is 168 g/mol. The zero-order valence-electron chi connectivity index (χ0n) is 5.53. The van der Waals surface area contributed by atoms with Crippen molar-refractivity contribution in [3.05, 3.63) is 29.5 Å². The smallest absolute Gasteiger partial charge is 0.215 e. The van der Waals surface area contributed by atoms with Crippen LogP contribution in [0.3, 0.4) is 0 Å².